The molecule has 1 heterocycles. The van der Waals surface area contributed by atoms with E-state index in [-0.39, 0.29) is 5.91 Å². The van der Waals surface area contributed by atoms with Gasteiger partial charge in [-0.15, -0.1) is 0 Å². The van der Waals surface area contributed by atoms with Gasteiger partial charge in [-0.2, -0.15) is 0 Å². The first-order chi connectivity index (χ1) is 10.0. The van der Waals surface area contributed by atoms with Crippen LogP contribution in [-0.2, 0) is 4.79 Å². The Morgan fingerprint density at radius 2 is 2.14 bits per heavy atom. The van der Waals surface area contributed by atoms with Gasteiger partial charge in [-0.05, 0) is 62.9 Å². The van der Waals surface area contributed by atoms with Gasteiger partial charge in [0.2, 0.25) is 0 Å². The van der Waals surface area contributed by atoms with Crippen LogP contribution >= 0.6 is 11.6 Å². The number of piperidine rings is 1. The highest BCUT2D eigenvalue weighted by molar-refractivity contribution is 6.31. The highest BCUT2D eigenvalue weighted by atomic mass is 35.5. The molecular formula is C16H23ClN2O2. The minimum absolute atomic E-state index is 0.0399. The molecule has 0 spiro atoms. The fourth-order valence-corrected chi connectivity index (χ4v) is 2.71. The van der Waals surface area contributed by atoms with Gasteiger partial charge in [-0.3, -0.25) is 4.79 Å². The van der Waals surface area contributed by atoms with E-state index in [9.17, 15) is 4.79 Å². The maximum atomic E-state index is 12.4. The highest BCUT2D eigenvalue weighted by Crippen LogP contribution is 2.23. The molecule has 0 radical (unpaired) electrons. The standard InChI is InChI=1S/C16H23ClN2O2/c1-11-9-14(3-4-15(11)17)21-12(2)16(20)19-7-5-13(10-18)6-8-19/h3-4,9,12-13H,5-8,10,18H2,1-2H3. The van der Waals surface area contributed by atoms with Crippen LogP contribution < -0.4 is 10.5 Å². The number of benzene rings is 1. The summed E-state index contributed by atoms with van der Waals surface area (Å²) in [5.41, 5.74) is 6.62. The number of carbonyl (C=O) groups excluding carboxylic acids is 1. The van der Waals surface area contributed by atoms with E-state index in [2.05, 4.69) is 0 Å². The van der Waals surface area contributed by atoms with E-state index in [1.807, 2.05) is 17.9 Å². The molecule has 1 aromatic carbocycles. The number of ether oxygens (including phenoxy) is 1. The second kappa shape index (κ2) is 7.14. The Balaban J connectivity index is 1.92. The van der Waals surface area contributed by atoms with Gasteiger partial charge in [0.1, 0.15) is 5.75 Å². The average molecular weight is 311 g/mol. The smallest absolute Gasteiger partial charge is 0.263 e. The quantitative estimate of drug-likeness (QED) is 0.930. The lowest BCUT2D eigenvalue weighted by Gasteiger charge is -2.33. The van der Waals surface area contributed by atoms with Crippen molar-refractivity contribution in [1.82, 2.24) is 4.90 Å². The summed E-state index contributed by atoms with van der Waals surface area (Å²) in [7, 11) is 0. The Labute approximate surface area is 131 Å². The van der Waals surface area contributed by atoms with Crippen molar-refractivity contribution in [2.24, 2.45) is 11.7 Å². The minimum atomic E-state index is -0.486. The second-order valence-electron chi connectivity index (χ2n) is 5.68. The van der Waals surface area contributed by atoms with Gasteiger partial charge in [0, 0.05) is 18.1 Å². The predicted molar refractivity (Wildman–Crippen MR) is 84.6 cm³/mol. The van der Waals surface area contributed by atoms with Crippen LogP contribution in [0.3, 0.4) is 0 Å². The summed E-state index contributed by atoms with van der Waals surface area (Å²) < 4.78 is 5.74. The summed E-state index contributed by atoms with van der Waals surface area (Å²) in [5, 5.41) is 0.699. The zero-order valence-electron chi connectivity index (χ0n) is 12.6. The lowest BCUT2D eigenvalue weighted by atomic mass is 9.97. The number of rotatable bonds is 4. The summed E-state index contributed by atoms with van der Waals surface area (Å²) in [5.74, 6) is 1.26. The van der Waals surface area contributed by atoms with Crippen molar-refractivity contribution in [2.75, 3.05) is 19.6 Å². The molecule has 0 aliphatic carbocycles. The molecule has 1 aliphatic rings. The number of nitrogens with two attached hydrogens (primary N) is 1. The molecule has 0 aromatic heterocycles. The van der Waals surface area contributed by atoms with Crippen LogP contribution in [0.25, 0.3) is 0 Å². The molecule has 21 heavy (non-hydrogen) atoms. The Bertz CT molecular complexity index is 499. The topological polar surface area (TPSA) is 55.6 Å². The summed E-state index contributed by atoms with van der Waals surface area (Å²) in [6.45, 7) is 5.96. The van der Waals surface area contributed by atoms with E-state index in [1.54, 1.807) is 19.1 Å². The van der Waals surface area contributed by atoms with Gasteiger partial charge < -0.3 is 15.4 Å². The SMILES string of the molecule is Cc1cc(OC(C)C(=O)N2CCC(CN)CC2)ccc1Cl. The largest absolute Gasteiger partial charge is 0.481 e. The van der Waals surface area contributed by atoms with E-state index in [0.717, 1.165) is 31.5 Å². The van der Waals surface area contributed by atoms with Crippen LogP contribution in [0.15, 0.2) is 18.2 Å². The zero-order chi connectivity index (χ0) is 15.4. The van der Waals surface area contributed by atoms with Crippen molar-refractivity contribution < 1.29 is 9.53 Å². The van der Waals surface area contributed by atoms with E-state index < -0.39 is 6.10 Å². The first kappa shape index (κ1) is 16.1. The average Bonchev–Trinajstić information content (AvgIpc) is 2.50. The van der Waals surface area contributed by atoms with E-state index in [1.165, 1.54) is 0 Å². The minimum Gasteiger partial charge on any atom is -0.481 e. The third kappa shape index (κ3) is 4.11. The lowest BCUT2D eigenvalue weighted by molar-refractivity contribution is -0.139. The van der Waals surface area contributed by atoms with Crippen molar-refractivity contribution in [1.29, 1.82) is 0 Å². The summed E-state index contributed by atoms with van der Waals surface area (Å²) in [4.78, 5) is 14.3. The van der Waals surface area contributed by atoms with Crippen LogP contribution in [0.2, 0.25) is 5.02 Å². The fourth-order valence-electron chi connectivity index (χ4n) is 2.59. The van der Waals surface area contributed by atoms with Gasteiger partial charge >= 0.3 is 0 Å². The molecule has 4 nitrogen and oxygen atoms in total. The number of carbonyl (C=O) groups is 1. The second-order valence-corrected chi connectivity index (χ2v) is 6.08. The molecule has 1 fully saturated rings. The van der Waals surface area contributed by atoms with Crippen molar-refractivity contribution in [3.63, 3.8) is 0 Å². The number of aryl methyl sites for hydroxylation is 1. The van der Waals surface area contributed by atoms with Crippen molar-refractivity contribution in [3.05, 3.63) is 28.8 Å². The molecular weight excluding hydrogens is 288 g/mol. The van der Waals surface area contributed by atoms with Crippen LogP contribution in [0.1, 0.15) is 25.3 Å². The molecule has 5 heteroatoms. The number of halogens is 1. The van der Waals surface area contributed by atoms with E-state index in [4.69, 9.17) is 22.1 Å². The van der Waals surface area contributed by atoms with Crippen LogP contribution in [-0.4, -0.2) is 36.5 Å². The van der Waals surface area contributed by atoms with Crippen molar-refractivity contribution in [3.8, 4) is 5.75 Å². The fraction of sp³-hybridized carbons (Fsp3) is 0.562. The molecule has 2 N–H and O–H groups in total. The van der Waals surface area contributed by atoms with Gasteiger partial charge in [0.25, 0.3) is 5.91 Å². The normalized spacial score (nSPS) is 17.6. The van der Waals surface area contributed by atoms with Gasteiger partial charge in [0.05, 0.1) is 0 Å². The summed E-state index contributed by atoms with van der Waals surface area (Å²) in [6, 6.07) is 5.43. The maximum Gasteiger partial charge on any atom is 0.263 e. The molecule has 1 aliphatic heterocycles. The number of likely N-dealkylation sites (tertiary alicyclic amines) is 1. The monoisotopic (exact) mass is 310 g/mol. The third-order valence-corrected chi connectivity index (χ3v) is 4.47. The first-order valence-corrected chi connectivity index (χ1v) is 7.80. The molecule has 1 aromatic rings. The predicted octanol–water partition coefficient (Wildman–Crippen LogP) is 2.61. The molecule has 116 valence electrons. The molecule has 0 bridgehead atoms. The van der Waals surface area contributed by atoms with E-state index in [0.29, 0.717) is 23.2 Å². The van der Waals surface area contributed by atoms with Crippen LogP contribution in [0.5, 0.6) is 5.75 Å². The molecule has 1 unspecified atom stereocenters. The first-order valence-electron chi connectivity index (χ1n) is 7.43. The maximum absolute atomic E-state index is 12.4. The van der Waals surface area contributed by atoms with Crippen molar-refractivity contribution >= 4 is 17.5 Å². The summed E-state index contributed by atoms with van der Waals surface area (Å²) >= 11 is 5.99. The van der Waals surface area contributed by atoms with Crippen LogP contribution in [0, 0.1) is 12.8 Å². The highest BCUT2D eigenvalue weighted by Gasteiger charge is 2.26. The number of hydrogen-bond acceptors (Lipinski definition) is 3. The molecule has 1 saturated heterocycles. The molecule has 1 amide bonds. The van der Waals surface area contributed by atoms with E-state index >= 15 is 0 Å². The third-order valence-electron chi connectivity index (χ3n) is 4.05. The lowest BCUT2D eigenvalue weighted by Crippen LogP contribution is -2.45. The molecule has 1 atom stereocenters. The molecule has 0 saturated carbocycles. The molecule has 2 rings (SSSR count). The Morgan fingerprint density at radius 3 is 2.71 bits per heavy atom. The Kier molecular flexibility index (Phi) is 5.48. The Morgan fingerprint density at radius 1 is 1.48 bits per heavy atom. The van der Waals surface area contributed by atoms with Gasteiger partial charge in [0.15, 0.2) is 6.10 Å². The number of nitrogens with zero attached hydrogens (tertiary/aromatic N) is 1. The van der Waals surface area contributed by atoms with Gasteiger partial charge in [-0.25, -0.2) is 0 Å². The number of hydrogen-bond donors (Lipinski definition) is 1. The number of amides is 1. The van der Waals surface area contributed by atoms with Crippen LogP contribution in [0.4, 0.5) is 0 Å². The summed E-state index contributed by atoms with van der Waals surface area (Å²) in [6.07, 6.45) is 1.48. The van der Waals surface area contributed by atoms with Gasteiger partial charge in [-0.1, -0.05) is 11.6 Å². The Hall–Kier alpha value is -1.26. The zero-order valence-corrected chi connectivity index (χ0v) is 13.4. The van der Waals surface area contributed by atoms with Crippen molar-refractivity contribution in [2.45, 2.75) is 32.8 Å².